The van der Waals surface area contributed by atoms with Crippen molar-refractivity contribution < 1.29 is 9.53 Å². The highest BCUT2D eigenvalue weighted by atomic mass is 16.5. The van der Waals surface area contributed by atoms with Crippen molar-refractivity contribution >= 4 is 12.0 Å². The van der Waals surface area contributed by atoms with Crippen LogP contribution in [0.2, 0.25) is 0 Å². The van der Waals surface area contributed by atoms with Crippen LogP contribution in [0.4, 0.5) is 0 Å². The molecule has 0 aliphatic carbocycles. The maximum absolute atomic E-state index is 11.8. The molecule has 2 aromatic rings. The molecule has 2 aromatic carbocycles. The average Bonchev–Trinajstić information content (AvgIpc) is 2.52. The number of hydrogen-bond acceptors (Lipinski definition) is 2. The predicted molar refractivity (Wildman–Crippen MR) is 85.1 cm³/mol. The summed E-state index contributed by atoms with van der Waals surface area (Å²) in [7, 11) is 1.62. The molecule has 0 radical (unpaired) electrons. The second-order valence-electron chi connectivity index (χ2n) is 4.78. The van der Waals surface area contributed by atoms with Gasteiger partial charge in [-0.1, -0.05) is 48.0 Å². The number of para-hydroxylation sites is 1. The predicted octanol–water partition coefficient (Wildman–Crippen LogP) is 3.33. The second-order valence-corrected chi connectivity index (χ2v) is 4.78. The minimum atomic E-state index is -0.124. The number of carbonyl (C=O) groups excluding carboxylic acids is 1. The Bertz CT molecular complexity index is 630. The molecule has 0 heterocycles. The third-order valence-corrected chi connectivity index (χ3v) is 3.14. The number of rotatable bonds is 5. The quantitative estimate of drug-likeness (QED) is 0.854. The van der Waals surface area contributed by atoms with Gasteiger partial charge in [0.15, 0.2) is 0 Å². The fourth-order valence-electron chi connectivity index (χ4n) is 1.92. The molecule has 0 saturated heterocycles. The number of nitrogens with one attached hydrogen (secondary N) is 1. The summed E-state index contributed by atoms with van der Waals surface area (Å²) in [6, 6.07) is 15.7. The summed E-state index contributed by atoms with van der Waals surface area (Å²) in [6.45, 7) is 2.56. The molecule has 0 spiro atoms. The van der Waals surface area contributed by atoms with Gasteiger partial charge in [-0.15, -0.1) is 0 Å². The van der Waals surface area contributed by atoms with Crippen LogP contribution < -0.4 is 10.1 Å². The Balaban J connectivity index is 1.92. The minimum absolute atomic E-state index is 0.124. The third-order valence-electron chi connectivity index (χ3n) is 3.14. The van der Waals surface area contributed by atoms with Gasteiger partial charge in [0.05, 0.1) is 7.11 Å². The van der Waals surface area contributed by atoms with Crippen LogP contribution in [0.3, 0.4) is 0 Å². The van der Waals surface area contributed by atoms with Gasteiger partial charge >= 0.3 is 0 Å². The molecular weight excluding hydrogens is 262 g/mol. The van der Waals surface area contributed by atoms with Crippen molar-refractivity contribution in [1.29, 1.82) is 0 Å². The van der Waals surface area contributed by atoms with Crippen LogP contribution in [0.1, 0.15) is 16.7 Å². The van der Waals surface area contributed by atoms with Gasteiger partial charge in [-0.05, 0) is 24.6 Å². The van der Waals surface area contributed by atoms with Gasteiger partial charge in [0.1, 0.15) is 5.75 Å². The van der Waals surface area contributed by atoms with Crippen molar-refractivity contribution in [3.63, 3.8) is 0 Å². The molecule has 3 nitrogen and oxygen atoms in total. The van der Waals surface area contributed by atoms with E-state index in [1.807, 2.05) is 55.5 Å². The molecule has 0 unspecified atom stereocenters. The van der Waals surface area contributed by atoms with E-state index in [2.05, 4.69) is 5.32 Å². The van der Waals surface area contributed by atoms with Crippen molar-refractivity contribution in [1.82, 2.24) is 5.32 Å². The lowest BCUT2D eigenvalue weighted by Crippen LogP contribution is -2.20. The van der Waals surface area contributed by atoms with Gasteiger partial charge in [0.25, 0.3) is 0 Å². The van der Waals surface area contributed by atoms with Crippen molar-refractivity contribution in [3.05, 3.63) is 71.3 Å². The molecule has 21 heavy (non-hydrogen) atoms. The molecule has 0 aromatic heterocycles. The first-order chi connectivity index (χ1) is 10.2. The monoisotopic (exact) mass is 281 g/mol. The van der Waals surface area contributed by atoms with Crippen molar-refractivity contribution in [2.24, 2.45) is 0 Å². The summed E-state index contributed by atoms with van der Waals surface area (Å²) < 4.78 is 5.24. The summed E-state index contributed by atoms with van der Waals surface area (Å²) in [4.78, 5) is 11.8. The standard InChI is InChI=1S/C18H19NO2/c1-14-7-9-15(10-8-14)13-19-18(20)12-11-16-5-3-4-6-17(16)21-2/h3-12H,13H2,1-2H3,(H,19,20)/b12-11+. The number of benzene rings is 2. The first-order valence-corrected chi connectivity index (χ1v) is 6.83. The van der Waals surface area contributed by atoms with Gasteiger partial charge in [0.2, 0.25) is 5.91 Å². The highest BCUT2D eigenvalue weighted by Gasteiger charge is 2.00. The van der Waals surface area contributed by atoms with E-state index < -0.39 is 0 Å². The van der Waals surface area contributed by atoms with Gasteiger partial charge < -0.3 is 10.1 Å². The highest BCUT2D eigenvalue weighted by Crippen LogP contribution is 2.18. The number of methoxy groups -OCH3 is 1. The Labute approximate surface area is 125 Å². The minimum Gasteiger partial charge on any atom is -0.496 e. The molecule has 1 amide bonds. The van der Waals surface area contributed by atoms with E-state index in [9.17, 15) is 4.79 Å². The Morgan fingerprint density at radius 1 is 1.14 bits per heavy atom. The van der Waals surface area contributed by atoms with E-state index >= 15 is 0 Å². The van der Waals surface area contributed by atoms with E-state index in [-0.39, 0.29) is 5.91 Å². The highest BCUT2D eigenvalue weighted by molar-refractivity contribution is 5.92. The zero-order valence-electron chi connectivity index (χ0n) is 12.3. The average molecular weight is 281 g/mol. The Morgan fingerprint density at radius 3 is 2.57 bits per heavy atom. The summed E-state index contributed by atoms with van der Waals surface area (Å²) >= 11 is 0. The fraction of sp³-hybridized carbons (Fsp3) is 0.167. The number of hydrogen-bond donors (Lipinski definition) is 1. The van der Waals surface area contributed by atoms with E-state index in [4.69, 9.17) is 4.74 Å². The Kier molecular flexibility index (Phi) is 5.16. The largest absolute Gasteiger partial charge is 0.496 e. The lowest BCUT2D eigenvalue weighted by Gasteiger charge is -2.04. The van der Waals surface area contributed by atoms with Crippen molar-refractivity contribution in [3.8, 4) is 5.75 Å². The molecule has 0 fully saturated rings. The summed E-state index contributed by atoms with van der Waals surface area (Å²) in [5.41, 5.74) is 3.17. The van der Waals surface area contributed by atoms with Crippen molar-refractivity contribution in [2.45, 2.75) is 13.5 Å². The number of carbonyl (C=O) groups is 1. The number of amides is 1. The number of aryl methyl sites for hydroxylation is 1. The van der Waals surface area contributed by atoms with E-state index in [1.54, 1.807) is 13.2 Å². The normalized spacial score (nSPS) is 10.6. The number of ether oxygens (including phenoxy) is 1. The van der Waals surface area contributed by atoms with Gasteiger partial charge in [-0.25, -0.2) is 0 Å². The van der Waals surface area contributed by atoms with Crippen LogP contribution >= 0.6 is 0 Å². The molecule has 108 valence electrons. The maximum Gasteiger partial charge on any atom is 0.244 e. The molecular formula is C18H19NO2. The van der Waals surface area contributed by atoms with Gasteiger partial charge in [-0.3, -0.25) is 4.79 Å². The SMILES string of the molecule is COc1ccccc1/C=C/C(=O)NCc1ccc(C)cc1. The van der Waals surface area contributed by atoms with Crippen LogP contribution in [-0.4, -0.2) is 13.0 Å². The van der Waals surface area contributed by atoms with Gasteiger partial charge in [-0.2, -0.15) is 0 Å². The maximum atomic E-state index is 11.8. The first-order valence-electron chi connectivity index (χ1n) is 6.83. The van der Waals surface area contributed by atoms with Crippen LogP contribution in [-0.2, 0) is 11.3 Å². The van der Waals surface area contributed by atoms with Crippen LogP contribution in [0.15, 0.2) is 54.6 Å². The molecule has 0 aliphatic heterocycles. The molecule has 0 saturated carbocycles. The zero-order valence-corrected chi connectivity index (χ0v) is 12.3. The second kappa shape index (κ2) is 7.29. The summed E-state index contributed by atoms with van der Waals surface area (Å²) in [6.07, 6.45) is 3.27. The smallest absolute Gasteiger partial charge is 0.244 e. The van der Waals surface area contributed by atoms with Crippen molar-refractivity contribution in [2.75, 3.05) is 7.11 Å². The first kappa shape index (κ1) is 14.9. The summed E-state index contributed by atoms with van der Waals surface area (Å²) in [5, 5.41) is 2.86. The molecule has 2 rings (SSSR count). The van der Waals surface area contributed by atoms with Gasteiger partial charge in [0, 0.05) is 18.2 Å². The fourth-order valence-corrected chi connectivity index (χ4v) is 1.92. The topological polar surface area (TPSA) is 38.3 Å². The summed E-state index contributed by atoms with van der Waals surface area (Å²) in [5.74, 6) is 0.626. The molecule has 1 N–H and O–H groups in total. The third kappa shape index (κ3) is 4.49. The van der Waals surface area contributed by atoms with Crippen LogP contribution in [0.5, 0.6) is 5.75 Å². The lowest BCUT2D eigenvalue weighted by atomic mass is 10.1. The molecule has 3 heteroatoms. The Hall–Kier alpha value is -2.55. The van der Waals surface area contributed by atoms with E-state index in [1.165, 1.54) is 11.6 Å². The van der Waals surface area contributed by atoms with Crippen LogP contribution in [0.25, 0.3) is 6.08 Å². The molecule has 0 aliphatic rings. The van der Waals surface area contributed by atoms with Crippen LogP contribution in [0, 0.1) is 6.92 Å². The molecule has 0 bridgehead atoms. The van der Waals surface area contributed by atoms with E-state index in [0.29, 0.717) is 6.54 Å². The lowest BCUT2D eigenvalue weighted by molar-refractivity contribution is -0.116. The Morgan fingerprint density at radius 2 is 1.86 bits per heavy atom. The van der Waals surface area contributed by atoms with E-state index in [0.717, 1.165) is 16.9 Å². The molecule has 0 atom stereocenters. The zero-order chi connectivity index (χ0) is 15.1.